The van der Waals surface area contributed by atoms with Crippen LogP contribution in [0, 0.1) is 10.8 Å². The van der Waals surface area contributed by atoms with E-state index in [-0.39, 0.29) is 35.5 Å². The molecule has 188 valence electrons. The second-order valence-electron chi connectivity index (χ2n) is 9.81. The van der Waals surface area contributed by atoms with Crippen molar-refractivity contribution in [1.29, 1.82) is 5.41 Å². The quantitative estimate of drug-likeness (QED) is 0.216. The Morgan fingerprint density at radius 3 is 2.60 bits per heavy atom. The summed E-state index contributed by atoms with van der Waals surface area (Å²) < 4.78 is 0. The third kappa shape index (κ3) is 7.92. The van der Waals surface area contributed by atoms with Crippen molar-refractivity contribution in [2.75, 3.05) is 13.1 Å². The Labute approximate surface area is 210 Å². The molecule has 35 heavy (non-hydrogen) atoms. The molecule has 0 radical (unpaired) electrons. The van der Waals surface area contributed by atoms with Gasteiger partial charge in [0.05, 0.1) is 13.1 Å². The minimum atomic E-state index is -0.576. The van der Waals surface area contributed by atoms with Crippen LogP contribution < -0.4 is 16.4 Å². The number of rotatable bonds is 11. The van der Waals surface area contributed by atoms with Gasteiger partial charge in [0.25, 0.3) is 0 Å². The van der Waals surface area contributed by atoms with Gasteiger partial charge in [-0.05, 0) is 42.7 Å². The maximum atomic E-state index is 12.9. The minimum Gasteiger partial charge on any atom is -0.384 e. The number of thiophene rings is 1. The van der Waals surface area contributed by atoms with Gasteiger partial charge in [0.1, 0.15) is 11.9 Å². The van der Waals surface area contributed by atoms with Gasteiger partial charge in [-0.25, -0.2) is 0 Å². The van der Waals surface area contributed by atoms with Crippen LogP contribution in [-0.2, 0) is 27.3 Å². The number of nitrogens with one attached hydrogen (secondary N) is 3. The number of carbonyl (C=O) groups is 3. The molecule has 0 bridgehead atoms. The predicted octanol–water partition coefficient (Wildman–Crippen LogP) is 2.80. The van der Waals surface area contributed by atoms with Crippen LogP contribution in [0.25, 0.3) is 0 Å². The Kier molecular flexibility index (Phi) is 9.03. The fourth-order valence-electron chi connectivity index (χ4n) is 4.30. The van der Waals surface area contributed by atoms with Crippen LogP contribution in [0.5, 0.6) is 0 Å². The van der Waals surface area contributed by atoms with Crippen molar-refractivity contribution in [3.05, 3.63) is 57.8 Å². The molecule has 1 aliphatic heterocycles. The van der Waals surface area contributed by atoms with Crippen molar-refractivity contribution in [3.63, 3.8) is 0 Å². The van der Waals surface area contributed by atoms with E-state index in [1.165, 1.54) is 16.9 Å². The summed E-state index contributed by atoms with van der Waals surface area (Å²) in [4.78, 5) is 40.6. The third-order valence-corrected chi connectivity index (χ3v) is 7.08. The third-order valence-electron chi connectivity index (χ3n) is 6.14. The summed E-state index contributed by atoms with van der Waals surface area (Å²) in [5.41, 5.74) is 7.20. The lowest BCUT2D eigenvalue weighted by molar-refractivity contribution is -0.138. The van der Waals surface area contributed by atoms with Gasteiger partial charge in [0.15, 0.2) is 0 Å². The second kappa shape index (κ2) is 12.0. The van der Waals surface area contributed by atoms with Gasteiger partial charge in [0.2, 0.25) is 17.7 Å². The maximum Gasteiger partial charge on any atom is 0.243 e. The van der Waals surface area contributed by atoms with E-state index in [4.69, 9.17) is 11.1 Å². The number of aryl methyl sites for hydroxylation is 1. The van der Waals surface area contributed by atoms with Crippen molar-refractivity contribution in [2.45, 2.75) is 58.5 Å². The Bertz CT molecular complexity index is 1050. The first-order chi connectivity index (χ1) is 16.6. The van der Waals surface area contributed by atoms with Crippen LogP contribution in [0.2, 0.25) is 0 Å². The smallest absolute Gasteiger partial charge is 0.243 e. The highest BCUT2D eigenvalue weighted by atomic mass is 32.1. The molecule has 3 rings (SSSR count). The molecule has 5 N–H and O–H groups in total. The monoisotopic (exact) mass is 497 g/mol. The molecule has 1 saturated heterocycles. The summed E-state index contributed by atoms with van der Waals surface area (Å²) in [6, 6.07) is 11.4. The SMILES string of the molecule is CC1(C)C[C@@H](C(=O)NCc2cc(C(=N)N)cs2)N(C(=O)CNC(=O)CCCCc2ccccc2)C1. The molecule has 2 aromatic rings. The lowest BCUT2D eigenvalue weighted by atomic mass is 9.90. The zero-order valence-electron chi connectivity index (χ0n) is 20.4. The van der Waals surface area contributed by atoms with Crippen LogP contribution in [0.1, 0.15) is 55.5 Å². The largest absolute Gasteiger partial charge is 0.384 e. The molecule has 9 heteroatoms. The Morgan fingerprint density at radius 2 is 1.91 bits per heavy atom. The number of unbranched alkanes of at least 4 members (excludes halogenated alkanes) is 1. The van der Waals surface area contributed by atoms with E-state index in [2.05, 4.69) is 22.8 Å². The summed E-state index contributed by atoms with van der Waals surface area (Å²) in [6.07, 6.45) is 3.52. The fraction of sp³-hybridized carbons (Fsp3) is 0.462. The van der Waals surface area contributed by atoms with Crippen molar-refractivity contribution >= 4 is 34.9 Å². The van der Waals surface area contributed by atoms with Crippen LogP contribution in [0.15, 0.2) is 41.8 Å². The number of amides is 3. The number of nitrogens with zero attached hydrogens (tertiary/aromatic N) is 1. The lowest BCUT2D eigenvalue weighted by Crippen LogP contribution is -2.48. The van der Waals surface area contributed by atoms with Crippen molar-refractivity contribution in [3.8, 4) is 0 Å². The predicted molar refractivity (Wildman–Crippen MR) is 138 cm³/mol. The Hall–Kier alpha value is -3.20. The second-order valence-corrected chi connectivity index (χ2v) is 10.8. The van der Waals surface area contributed by atoms with E-state index in [0.29, 0.717) is 31.5 Å². The number of hydrogen-bond donors (Lipinski definition) is 4. The number of amidine groups is 1. The van der Waals surface area contributed by atoms with E-state index < -0.39 is 6.04 Å². The first-order valence-corrected chi connectivity index (χ1v) is 12.8. The van der Waals surface area contributed by atoms with Gasteiger partial charge in [-0.3, -0.25) is 19.8 Å². The highest BCUT2D eigenvalue weighted by Gasteiger charge is 2.43. The van der Waals surface area contributed by atoms with Gasteiger partial charge in [0, 0.05) is 28.8 Å². The van der Waals surface area contributed by atoms with Crippen molar-refractivity contribution < 1.29 is 14.4 Å². The highest BCUT2D eigenvalue weighted by Crippen LogP contribution is 2.34. The molecule has 1 fully saturated rings. The molecule has 2 heterocycles. The highest BCUT2D eigenvalue weighted by molar-refractivity contribution is 7.10. The summed E-state index contributed by atoms with van der Waals surface area (Å²) in [5.74, 6) is -0.617. The zero-order valence-corrected chi connectivity index (χ0v) is 21.2. The van der Waals surface area contributed by atoms with Gasteiger partial charge in [-0.1, -0.05) is 44.2 Å². The molecule has 3 amide bonds. The van der Waals surface area contributed by atoms with E-state index in [1.54, 1.807) is 16.3 Å². The molecule has 1 atom stereocenters. The fourth-order valence-corrected chi connectivity index (χ4v) is 5.12. The number of likely N-dealkylation sites (tertiary alicyclic amines) is 1. The van der Waals surface area contributed by atoms with Crippen LogP contribution in [0.3, 0.4) is 0 Å². The minimum absolute atomic E-state index is 0.00798. The maximum absolute atomic E-state index is 12.9. The first-order valence-electron chi connectivity index (χ1n) is 11.9. The average Bonchev–Trinajstić information content (AvgIpc) is 3.43. The van der Waals surface area contributed by atoms with E-state index in [1.807, 2.05) is 32.0 Å². The number of carbonyl (C=O) groups excluding carboxylic acids is 3. The van der Waals surface area contributed by atoms with Crippen molar-refractivity contribution in [2.24, 2.45) is 11.1 Å². The molecule has 1 aromatic carbocycles. The molecule has 0 saturated carbocycles. The van der Waals surface area contributed by atoms with E-state index in [9.17, 15) is 14.4 Å². The molecule has 0 aliphatic carbocycles. The Balaban J connectivity index is 1.44. The van der Waals surface area contributed by atoms with Crippen molar-refractivity contribution in [1.82, 2.24) is 15.5 Å². The molecule has 8 nitrogen and oxygen atoms in total. The standard InChI is InChI=1S/C26H35N5O3S/c1-26(2)13-21(25(34)30-14-20-12-19(16-35-20)24(27)28)31(17-26)23(33)15-29-22(32)11-7-6-10-18-8-4-3-5-9-18/h3-5,8-9,12,16,21H,6-7,10-11,13-15,17H2,1-2H3,(H3,27,28)(H,29,32)(H,30,34)/t21-/m0/s1. The summed E-state index contributed by atoms with van der Waals surface area (Å²) in [5, 5.41) is 14.9. The molecule has 0 spiro atoms. The molecule has 0 unspecified atom stereocenters. The number of nitrogens with two attached hydrogens (primary N) is 1. The lowest BCUT2D eigenvalue weighted by Gasteiger charge is -2.24. The average molecular weight is 498 g/mol. The molecule has 1 aliphatic rings. The van der Waals surface area contributed by atoms with Crippen LogP contribution >= 0.6 is 11.3 Å². The van der Waals surface area contributed by atoms with Crippen LogP contribution in [0.4, 0.5) is 0 Å². The van der Waals surface area contributed by atoms with Gasteiger partial charge in [-0.2, -0.15) is 0 Å². The van der Waals surface area contributed by atoms with Crippen LogP contribution in [-0.4, -0.2) is 47.6 Å². The number of nitrogen functional groups attached to an aromatic ring is 1. The normalized spacial score (nSPS) is 16.6. The molecular formula is C26H35N5O3S. The Morgan fingerprint density at radius 1 is 1.17 bits per heavy atom. The summed E-state index contributed by atoms with van der Waals surface area (Å²) >= 11 is 1.42. The number of benzene rings is 1. The van der Waals surface area contributed by atoms with E-state index in [0.717, 1.165) is 24.1 Å². The molecule has 1 aromatic heterocycles. The topological polar surface area (TPSA) is 128 Å². The van der Waals surface area contributed by atoms with Gasteiger partial charge >= 0.3 is 0 Å². The molecular weight excluding hydrogens is 462 g/mol. The summed E-state index contributed by atoms with van der Waals surface area (Å²) in [6.45, 7) is 4.73. The first kappa shape index (κ1) is 26.4. The van der Waals surface area contributed by atoms with E-state index >= 15 is 0 Å². The van der Waals surface area contributed by atoms with Gasteiger partial charge in [-0.15, -0.1) is 11.3 Å². The number of hydrogen-bond acceptors (Lipinski definition) is 5. The zero-order chi connectivity index (χ0) is 25.4. The van der Waals surface area contributed by atoms with Gasteiger partial charge < -0.3 is 21.3 Å². The summed E-state index contributed by atoms with van der Waals surface area (Å²) in [7, 11) is 0.